The van der Waals surface area contributed by atoms with E-state index in [9.17, 15) is 9.90 Å². The minimum absolute atomic E-state index is 0. The molecule has 84 valence electrons. The van der Waals surface area contributed by atoms with Gasteiger partial charge in [-0.25, -0.2) is 0 Å². The molecule has 0 aromatic heterocycles. The number of rotatable bonds is 2. The van der Waals surface area contributed by atoms with Crippen LogP contribution in [-0.4, -0.2) is 23.1 Å². The van der Waals surface area contributed by atoms with Crippen molar-refractivity contribution in [2.45, 2.75) is 46.7 Å². The van der Waals surface area contributed by atoms with Crippen LogP contribution in [0.1, 0.15) is 41.0 Å². The number of carbonyl (C=O) groups excluding carboxylic acids is 1. The quantitative estimate of drug-likeness (QED) is 0.492. The van der Waals surface area contributed by atoms with Gasteiger partial charge in [0.05, 0.1) is 17.4 Å². The zero-order valence-corrected chi connectivity index (χ0v) is 10.9. The largest absolute Gasteiger partial charge is 1.00 e. The maximum Gasteiger partial charge on any atom is 1.00 e. The van der Waals surface area contributed by atoms with E-state index in [0.29, 0.717) is 12.1 Å². The molecule has 1 aliphatic rings. The summed E-state index contributed by atoms with van der Waals surface area (Å²) in [5.41, 5.74) is -0.558. The number of carboxylic acids is 1. The zero-order chi connectivity index (χ0) is 11.9. The second-order valence-corrected chi connectivity index (χ2v) is 4.82. The Balaban J connectivity index is 0.00000225. The molecule has 1 aliphatic heterocycles. The molecule has 1 unspecified atom stereocenters. The third-order valence-corrected chi connectivity index (χ3v) is 2.71. The number of aliphatic carboxylic acids is 1. The van der Waals surface area contributed by atoms with Crippen molar-refractivity contribution in [1.29, 1.82) is 0 Å². The Labute approximate surface area is 108 Å². The fourth-order valence-corrected chi connectivity index (χ4v) is 1.68. The molecule has 0 N–H and O–H groups in total. The van der Waals surface area contributed by atoms with E-state index in [-0.39, 0.29) is 18.9 Å². The molecule has 0 aliphatic carbocycles. The summed E-state index contributed by atoms with van der Waals surface area (Å²) in [6, 6.07) is 0. The summed E-state index contributed by atoms with van der Waals surface area (Å²) < 4.78 is 0. The summed E-state index contributed by atoms with van der Waals surface area (Å²) in [5, 5.41) is 11.3. The van der Waals surface area contributed by atoms with Crippen molar-refractivity contribution >= 4 is 17.4 Å². The molecule has 4 nitrogen and oxygen atoms in total. The van der Waals surface area contributed by atoms with Gasteiger partial charge in [0.1, 0.15) is 0 Å². The van der Waals surface area contributed by atoms with Crippen LogP contribution in [0.2, 0.25) is 0 Å². The van der Waals surface area contributed by atoms with Gasteiger partial charge in [-0.05, 0) is 13.3 Å². The van der Waals surface area contributed by atoms with E-state index in [1.807, 2.05) is 27.7 Å². The maximum atomic E-state index is 11.3. The molecular weight excluding hydrogens is 199 g/mol. The maximum absolute atomic E-state index is 11.3. The predicted molar refractivity (Wildman–Crippen MR) is 58.0 cm³/mol. The molecule has 0 saturated heterocycles. The second kappa shape index (κ2) is 4.73. The minimum atomic E-state index is -1.44. The van der Waals surface area contributed by atoms with E-state index in [4.69, 9.17) is 0 Å². The van der Waals surface area contributed by atoms with E-state index >= 15 is 0 Å². The van der Waals surface area contributed by atoms with Crippen molar-refractivity contribution in [2.75, 3.05) is 0 Å². The Hall–Kier alpha value is -0.593. The first-order valence-corrected chi connectivity index (χ1v) is 5.11. The summed E-state index contributed by atoms with van der Waals surface area (Å²) in [5.74, 6) is -1.22. The van der Waals surface area contributed by atoms with E-state index in [1.165, 1.54) is 0 Å². The van der Waals surface area contributed by atoms with Gasteiger partial charge >= 0.3 is 18.9 Å². The van der Waals surface area contributed by atoms with Crippen LogP contribution in [0, 0.1) is 5.41 Å². The molecule has 0 radical (unpaired) electrons. The fraction of sp³-hybridized carbons (Fsp3) is 0.727. The van der Waals surface area contributed by atoms with Crippen LogP contribution in [0.5, 0.6) is 0 Å². The van der Waals surface area contributed by atoms with E-state index in [1.54, 1.807) is 6.92 Å². The molecule has 0 amide bonds. The molecule has 1 atom stereocenters. The van der Waals surface area contributed by atoms with Crippen molar-refractivity contribution in [1.82, 2.24) is 0 Å². The monoisotopic (exact) mass is 216 g/mol. The predicted octanol–water partition coefficient (Wildman–Crippen LogP) is -2.19. The van der Waals surface area contributed by atoms with E-state index in [0.717, 1.165) is 5.71 Å². The van der Waals surface area contributed by atoms with Gasteiger partial charge in [-0.15, -0.1) is 0 Å². The van der Waals surface area contributed by atoms with Gasteiger partial charge in [0.15, 0.2) is 5.66 Å². The van der Waals surface area contributed by atoms with Crippen LogP contribution in [0.25, 0.3) is 0 Å². The van der Waals surface area contributed by atoms with Gasteiger partial charge in [0.25, 0.3) is 0 Å². The number of hydrogen-bond acceptors (Lipinski definition) is 4. The smallest absolute Gasteiger partial charge is 0.545 e. The van der Waals surface area contributed by atoms with Gasteiger partial charge in [-0.2, -0.15) is 0 Å². The molecule has 0 spiro atoms. The first-order chi connectivity index (χ1) is 6.74. The van der Waals surface area contributed by atoms with E-state index in [2.05, 4.69) is 9.98 Å². The van der Waals surface area contributed by atoms with Gasteiger partial charge < -0.3 is 9.90 Å². The third kappa shape index (κ3) is 2.23. The summed E-state index contributed by atoms with van der Waals surface area (Å²) in [6.07, 6.45) is 0.695. The topological polar surface area (TPSA) is 64.8 Å². The van der Waals surface area contributed by atoms with Gasteiger partial charge in [0, 0.05) is 5.41 Å². The van der Waals surface area contributed by atoms with Crippen molar-refractivity contribution in [2.24, 2.45) is 15.4 Å². The normalized spacial score (nSPS) is 24.6. The van der Waals surface area contributed by atoms with Gasteiger partial charge in [-0.3, -0.25) is 9.98 Å². The fourth-order valence-electron chi connectivity index (χ4n) is 1.68. The molecular formula is C11H17LiN2O2. The third-order valence-electron chi connectivity index (χ3n) is 2.71. The van der Waals surface area contributed by atoms with Crippen LogP contribution in [0.4, 0.5) is 0 Å². The summed E-state index contributed by atoms with van der Waals surface area (Å²) in [7, 11) is 0. The Kier molecular flexibility index (Phi) is 4.55. The van der Waals surface area contributed by atoms with Crippen LogP contribution < -0.4 is 24.0 Å². The van der Waals surface area contributed by atoms with Crippen molar-refractivity contribution in [3.05, 3.63) is 0 Å². The average Bonchev–Trinajstić information content (AvgIpc) is 2.42. The summed E-state index contributed by atoms with van der Waals surface area (Å²) in [4.78, 5) is 19.7. The molecule has 0 fully saturated rings. The van der Waals surface area contributed by atoms with Crippen LogP contribution >= 0.6 is 0 Å². The molecule has 5 heteroatoms. The van der Waals surface area contributed by atoms with Crippen molar-refractivity contribution < 1.29 is 28.8 Å². The molecule has 0 bridgehead atoms. The molecule has 0 aromatic carbocycles. The molecule has 16 heavy (non-hydrogen) atoms. The SMILES string of the molecule is CCC1=NC(C(=O)[O-])(C(C)(C)C)N=C1C.[Li+]. The van der Waals surface area contributed by atoms with Crippen molar-refractivity contribution in [3.8, 4) is 0 Å². The standard InChI is InChI=1S/C11H18N2O2.Li/c1-6-8-7(2)12-11(13-8,9(14)15)10(3,4)5;/h6H2,1-5H3,(H,14,15);/q;+1/p-1. The van der Waals surface area contributed by atoms with Gasteiger partial charge in [0.2, 0.25) is 0 Å². The average molecular weight is 216 g/mol. The Morgan fingerprint density at radius 2 is 1.88 bits per heavy atom. The first kappa shape index (κ1) is 15.4. The zero-order valence-electron chi connectivity index (χ0n) is 10.9. The van der Waals surface area contributed by atoms with Crippen LogP contribution in [0.15, 0.2) is 9.98 Å². The number of carboxylic acid groups (broad SMARTS) is 1. The van der Waals surface area contributed by atoms with Crippen molar-refractivity contribution in [3.63, 3.8) is 0 Å². The Morgan fingerprint density at radius 3 is 2.06 bits per heavy atom. The second-order valence-electron chi connectivity index (χ2n) is 4.82. The molecule has 1 rings (SSSR count). The van der Waals surface area contributed by atoms with Crippen LogP contribution in [0.3, 0.4) is 0 Å². The summed E-state index contributed by atoms with van der Waals surface area (Å²) in [6.45, 7) is 9.15. The Morgan fingerprint density at radius 1 is 1.38 bits per heavy atom. The van der Waals surface area contributed by atoms with E-state index < -0.39 is 17.0 Å². The number of carbonyl (C=O) groups is 1. The minimum Gasteiger partial charge on any atom is -0.545 e. The van der Waals surface area contributed by atoms with Crippen LogP contribution in [-0.2, 0) is 4.79 Å². The Bertz CT molecular complexity index is 355. The number of hydrogen-bond donors (Lipinski definition) is 0. The molecule has 1 heterocycles. The van der Waals surface area contributed by atoms with Gasteiger partial charge in [-0.1, -0.05) is 27.7 Å². The number of aliphatic imine (C=N–C) groups is 2. The summed E-state index contributed by atoms with van der Waals surface area (Å²) >= 11 is 0. The molecule has 0 saturated carbocycles. The molecule has 0 aromatic rings. The number of nitrogens with zero attached hydrogens (tertiary/aromatic N) is 2. The first-order valence-electron chi connectivity index (χ1n) is 5.11.